The molecule has 23 heavy (non-hydrogen) atoms. The van der Waals surface area contributed by atoms with Gasteiger partial charge in [-0.25, -0.2) is 0 Å². The van der Waals surface area contributed by atoms with Crippen LogP contribution in [-0.2, 0) is 4.74 Å². The zero-order chi connectivity index (χ0) is 16.5. The molecule has 1 saturated heterocycles. The molecule has 0 aliphatic carbocycles. The molecule has 0 bridgehead atoms. The number of aliphatic hydroxyl groups excluding tert-OH is 1. The van der Waals surface area contributed by atoms with Crippen molar-refractivity contribution in [3.63, 3.8) is 0 Å². The van der Waals surface area contributed by atoms with Crippen molar-refractivity contribution in [2.24, 2.45) is 0 Å². The second kappa shape index (κ2) is 10.3. The number of ether oxygens (including phenoxy) is 2. The van der Waals surface area contributed by atoms with Crippen molar-refractivity contribution >= 4 is 15.9 Å². The van der Waals surface area contributed by atoms with E-state index in [1.807, 2.05) is 24.3 Å². The highest BCUT2D eigenvalue weighted by Crippen LogP contribution is 2.23. The van der Waals surface area contributed by atoms with Crippen LogP contribution in [-0.4, -0.2) is 80.1 Å². The summed E-state index contributed by atoms with van der Waals surface area (Å²) in [6.45, 7) is 9.51. The van der Waals surface area contributed by atoms with Crippen molar-refractivity contribution in [3.8, 4) is 5.75 Å². The number of hydrogen-bond donors (Lipinski definition) is 1. The van der Waals surface area contributed by atoms with Gasteiger partial charge in [-0.15, -0.1) is 0 Å². The second-order valence-corrected chi connectivity index (χ2v) is 6.60. The van der Waals surface area contributed by atoms with Crippen molar-refractivity contribution in [1.82, 2.24) is 9.80 Å². The van der Waals surface area contributed by atoms with E-state index in [0.29, 0.717) is 26.4 Å². The maximum Gasteiger partial charge on any atom is 0.133 e. The molecular formula is C17H27BrN2O3. The van der Waals surface area contributed by atoms with E-state index in [1.165, 1.54) is 0 Å². The van der Waals surface area contributed by atoms with Gasteiger partial charge in [-0.05, 0) is 34.6 Å². The number of piperazine rings is 1. The number of hydrogen-bond acceptors (Lipinski definition) is 5. The van der Waals surface area contributed by atoms with Crippen LogP contribution >= 0.6 is 15.9 Å². The Morgan fingerprint density at radius 1 is 1.13 bits per heavy atom. The fraction of sp³-hybridized carbons (Fsp3) is 0.647. The second-order valence-electron chi connectivity index (χ2n) is 5.74. The zero-order valence-electron chi connectivity index (χ0n) is 13.8. The van der Waals surface area contributed by atoms with Gasteiger partial charge in [-0.1, -0.05) is 19.1 Å². The Balaban J connectivity index is 1.53. The van der Waals surface area contributed by atoms with Crippen LogP contribution in [0.5, 0.6) is 5.75 Å². The van der Waals surface area contributed by atoms with Gasteiger partial charge in [-0.3, -0.25) is 4.90 Å². The maximum absolute atomic E-state index is 10.1. The van der Waals surface area contributed by atoms with E-state index in [4.69, 9.17) is 9.47 Å². The molecule has 1 aromatic rings. The molecule has 0 unspecified atom stereocenters. The summed E-state index contributed by atoms with van der Waals surface area (Å²) in [6.07, 6.45) is -0.438. The van der Waals surface area contributed by atoms with E-state index in [2.05, 4.69) is 32.7 Å². The van der Waals surface area contributed by atoms with Crippen LogP contribution in [0.3, 0.4) is 0 Å². The molecule has 0 radical (unpaired) electrons. The lowest BCUT2D eigenvalue weighted by Crippen LogP contribution is -2.48. The molecular weight excluding hydrogens is 360 g/mol. The number of aliphatic hydroxyl groups is 1. The van der Waals surface area contributed by atoms with Crippen LogP contribution in [0.4, 0.5) is 0 Å². The first-order chi connectivity index (χ1) is 11.2. The fourth-order valence-electron chi connectivity index (χ4n) is 2.63. The third-order valence-electron chi connectivity index (χ3n) is 4.01. The van der Waals surface area contributed by atoms with Crippen molar-refractivity contribution in [3.05, 3.63) is 28.7 Å². The van der Waals surface area contributed by atoms with Gasteiger partial charge >= 0.3 is 0 Å². The van der Waals surface area contributed by atoms with Crippen molar-refractivity contribution in [2.45, 2.75) is 13.0 Å². The monoisotopic (exact) mass is 386 g/mol. The molecule has 1 aliphatic heterocycles. The Hall–Kier alpha value is -0.660. The standard InChI is InChI=1S/C17H27BrN2O3/c1-2-19-7-9-20(10-8-19)13-15(21)14-22-11-12-23-17-6-4-3-5-16(17)18/h3-6,15,21H,2,7-14H2,1H3/t15-/m0/s1. The molecule has 1 aromatic carbocycles. The topological polar surface area (TPSA) is 45.2 Å². The Morgan fingerprint density at radius 3 is 2.52 bits per heavy atom. The molecule has 6 heteroatoms. The summed E-state index contributed by atoms with van der Waals surface area (Å²) >= 11 is 3.44. The predicted octanol–water partition coefficient (Wildman–Crippen LogP) is 1.84. The third-order valence-corrected chi connectivity index (χ3v) is 4.67. The van der Waals surface area contributed by atoms with Crippen molar-refractivity contribution in [2.75, 3.05) is 59.1 Å². The van der Waals surface area contributed by atoms with Crippen molar-refractivity contribution < 1.29 is 14.6 Å². The summed E-state index contributed by atoms with van der Waals surface area (Å²) in [5.41, 5.74) is 0. The van der Waals surface area contributed by atoms with Gasteiger partial charge in [0.25, 0.3) is 0 Å². The zero-order valence-corrected chi connectivity index (χ0v) is 15.4. The first-order valence-corrected chi connectivity index (χ1v) is 9.06. The highest BCUT2D eigenvalue weighted by molar-refractivity contribution is 9.10. The molecule has 1 N–H and O–H groups in total. The summed E-state index contributed by atoms with van der Waals surface area (Å²) in [6, 6.07) is 7.74. The van der Waals surface area contributed by atoms with E-state index in [-0.39, 0.29) is 0 Å². The van der Waals surface area contributed by atoms with E-state index >= 15 is 0 Å². The third kappa shape index (κ3) is 6.77. The predicted molar refractivity (Wildman–Crippen MR) is 95.0 cm³/mol. The summed E-state index contributed by atoms with van der Waals surface area (Å²) in [5, 5.41) is 10.1. The quantitative estimate of drug-likeness (QED) is 0.656. The molecule has 5 nitrogen and oxygen atoms in total. The van der Waals surface area contributed by atoms with Gasteiger partial charge in [-0.2, -0.15) is 0 Å². The Kier molecular flexibility index (Phi) is 8.33. The summed E-state index contributed by atoms with van der Waals surface area (Å²) < 4.78 is 12.1. The molecule has 2 rings (SSSR count). The van der Waals surface area contributed by atoms with Crippen LogP contribution < -0.4 is 4.74 Å². The lowest BCUT2D eigenvalue weighted by molar-refractivity contribution is 0.000342. The maximum atomic E-state index is 10.1. The number of β-amino-alcohol motifs (C(OH)–C–C–N with tert-alkyl or cyclic N) is 1. The van der Waals surface area contributed by atoms with Crippen LogP contribution in [0.25, 0.3) is 0 Å². The molecule has 1 heterocycles. The van der Waals surface area contributed by atoms with Gasteiger partial charge in [0.05, 0.1) is 23.8 Å². The number of nitrogens with zero attached hydrogens (tertiary/aromatic N) is 2. The lowest BCUT2D eigenvalue weighted by atomic mass is 10.2. The highest BCUT2D eigenvalue weighted by atomic mass is 79.9. The lowest BCUT2D eigenvalue weighted by Gasteiger charge is -2.34. The number of halogens is 1. The average molecular weight is 387 g/mol. The Labute approximate surface area is 147 Å². The molecule has 130 valence electrons. The first-order valence-electron chi connectivity index (χ1n) is 8.27. The summed E-state index contributed by atoms with van der Waals surface area (Å²) in [5.74, 6) is 0.811. The minimum atomic E-state index is -0.438. The van der Waals surface area contributed by atoms with Gasteiger partial charge in [0.2, 0.25) is 0 Å². The van der Waals surface area contributed by atoms with Gasteiger partial charge in [0, 0.05) is 32.7 Å². The average Bonchev–Trinajstić information content (AvgIpc) is 2.57. The van der Waals surface area contributed by atoms with Gasteiger partial charge in [0.1, 0.15) is 12.4 Å². The normalized spacial score (nSPS) is 18.0. The molecule has 0 spiro atoms. The molecule has 0 aromatic heterocycles. The highest BCUT2D eigenvalue weighted by Gasteiger charge is 2.18. The molecule has 1 fully saturated rings. The van der Waals surface area contributed by atoms with E-state index < -0.39 is 6.10 Å². The first kappa shape index (κ1) is 18.7. The summed E-state index contributed by atoms with van der Waals surface area (Å²) in [4.78, 5) is 4.73. The number of para-hydroxylation sites is 1. The number of rotatable bonds is 9. The van der Waals surface area contributed by atoms with Crippen LogP contribution in [0, 0.1) is 0 Å². The SMILES string of the molecule is CCN1CCN(C[C@H](O)COCCOc2ccccc2Br)CC1. The van der Waals surface area contributed by atoms with Crippen molar-refractivity contribution in [1.29, 1.82) is 0 Å². The smallest absolute Gasteiger partial charge is 0.133 e. The largest absolute Gasteiger partial charge is 0.490 e. The number of benzene rings is 1. The Bertz CT molecular complexity index is 453. The fourth-order valence-corrected chi connectivity index (χ4v) is 3.03. The van der Waals surface area contributed by atoms with E-state index in [1.54, 1.807) is 0 Å². The van der Waals surface area contributed by atoms with E-state index in [9.17, 15) is 5.11 Å². The Morgan fingerprint density at radius 2 is 1.83 bits per heavy atom. The van der Waals surface area contributed by atoms with Crippen LogP contribution in [0.2, 0.25) is 0 Å². The van der Waals surface area contributed by atoms with Gasteiger partial charge in [0.15, 0.2) is 0 Å². The number of likely N-dealkylation sites (N-methyl/N-ethyl adjacent to an activating group) is 1. The van der Waals surface area contributed by atoms with E-state index in [0.717, 1.165) is 42.9 Å². The molecule has 1 atom stereocenters. The molecule has 1 aliphatic rings. The minimum Gasteiger partial charge on any atom is -0.490 e. The summed E-state index contributed by atoms with van der Waals surface area (Å²) in [7, 11) is 0. The van der Waals surface area contributed by atoms with Gasteiger partial charge < -0.3 is 19.5 Å². The van der Waals surface area contributed by atoms with Crippen LogP contribution in [0.15, 0.2) is 28.7 Å². The molecule has 0 saturated carbocycles. The minimum absolute atomic E-state index is 0.354. The molecule has 0 amide bonds. The van der Waals surface area contributed by atoms with Crippen LogP contribution in [0.1, 0.15) is 6.92 Å².